The van der Waals surface area contributed by atoms with Crippen LogP contribution in [0.3, 0.4) is 0 Å². The van der Waals surface area contributed by atoms with Crippen molar-refractivity contribution in [1.82, 2.24) is 10.2 Å². The second kappa shape index (κ2) is 5.37. The highest BCUT2D eigenvalue weighted by molar-refractivity contribution is 6.32. The molecular weight excluding hydrogens is 254 g/mol. The monoisotopic (exact) mass is 261 g/mol. The lowest BCUT2D eigenvalue weighted by Gasteiger charge is -1.97. The first-order chi connectivity index (χ1) is 8.66. The SMILES string of the molecule is O=[N+]([O-])c1ccc(/C=C/c2ccnnc2)cc1Cl. The predicted octanol–water partition coefficient (Wildman–Crippen LogP) is 3.21. The zero-order valence-corrected chi connectivity index (χ0v) is 9.91. The van der Waals surface area contributed by atoms with E-state index in [2.05, 4.69) is 10.2 Å². The maximum absolute atomic E-state index is 10.6. The molecule has 0 spiro atoms. The highest BCUT2D eigenvalue weighted by atomic mass is 35.5. The van der Waals surface area contributed by atoms with E-state index in [1.54, 1.807) is 36.7 Å². The molecule has 0 amide bonds. The molecule has 0 aliphatic heterocycles. The zero-order chi connectivity index (χ0) is 13.0. The summed E-state index contributed by atoms with van der Waals surface area (Å²) < 4.78 is 0. The van der Waals surface area contributed by atoms with Crippen LogP contribution < -0.4 is 0 Å². The van der Waals surface area contributed by atoms with Crippen LogP contribution in [0.15, 0.2) is 36.7 Å². The Bertz CT molecular complexity index is 600. The van der Waals surface area contributed by atoms with Crippen molar-refractivity contribution in [2.24, 2.45) is 0 Å². The Kier molecular flexibility index (Phi) is 3.64. The van der Waals surface area contributed by atoms with Crippen molar-refractivity contribution in [1.29, 1.82) is 0 Å². The first-order valence-electron chi connectivity index (χ1n) is 5.05. The van der Waals surface area contributed by atoms with Gasteiger partial charge in [0.25, 0.3) is 5.69 Å². The molecule has 0 radical (unpaired) electrons. The van der Waals surface area contributed by atoms with E-state index in [9.17, 15) is 10.1 Å². The molecule has 1 aromatic heterocycles. The molecule has 1 heterocycles. The maximum Gasteiger partial charge on any atom is 0.287 e. The minimum Gasteiger partial charge on any atom is -0.258 e. The van der Waals surface area contributed by atoms with Crippen molar-refractivity contribution >= 4 is 29.4 Å². The van der Waals surface area contributed by atoms with Crippen molar-refractivity contribution < 1.29 is 4.92 Å². The third kappa shape index (κ3) is 2.89. The Morgan fingerprint density at radius 3 is 2.56 bits per heavy atom. The average molecular weight is 262 g/mol. The number of halogens is 1. The number of rotatable bonds is 3. The highest BCUT2D eigenvalue weighted by Crippen LogP contribution is 2.25. The van der Waals surface area contributed by atoms with Crippen LogP contribution in [0.25, 0.3) is 12.2 Å². The number of nitro benzene ring substituents is 1. The summed E-state index contributed by atoms with van der Waals surface area (Å²) in [7, 11) is 0. The van der Waals surface area contributed by atoms with Crippen LogP contribution in [0, 0.1) is 10.1 Å². The van der Waals surface area contributed by atoms with Crippen LogP contribution in [0.5, 0.6) is 0 Å². The van der Waals surface area contributed by atoms with Gasteiger partial charge in [-0.05, 0) is 29.3 Å². The molecule has 1 aromatic carbocycles. The third-order valence-electron chi connectivity index (χ3n) is 2.24. The van der Waals surface area contributed by atoms with Gasteiger partial charge in [0.1, 0.15) is 5.02 Å². The number of nitro groups is 1. The Morgan fingerprint density at radius 1 is 1.17 bits per heavy atom. The summed E-state index contributed by atoms with van der Waals surface area (Å²) in [5.41, 5.74) is 1.57. The molecule has 18 heavy (non-hydrogen) atoms. The fourth-order valence-corrected chi connectivity index (χ4v) is 1.62. The molecule has 0 bridgehead atoms. The maximum atomic E-state index is 10.6. The molecule has 2 aromatic rings. The van der Waals surface area contributed by atoms with Gasteiger partial charge in [0.15, 0.2) is 0 Å². The summed E-state index contributed by atoms with van der Waals surface area (Å²) in [6.07, 6.45) is 6.82. The van der Waals surface area contributed by atoms with Gasteiger partial charge in [0.2, 0.25) is 0 Å². The summed E-state index contributed by atoms with van der Waals surface area (Å²) in [5, 5.41) is 18.1. The van der Waals surface area contributed by atoms with Crippen molar-refractivity contribution in [3.8, 4) is 0 Å². The first kappa shape index (κ1) is 12.2. The molecule has 5 nitrogen and oxygen atoms in total. The van der Waals surface area contributed by atoms with E-state index in [4.69, 9.17) is 11.6 Å². The molecule has 0 unspecified atom stereocenters. The molecular formula is C12H8ClN3O2. The Balaban J connectivity index is 2.23. The molecule has 0 aliphatic carbocycles. The summed E-state index contributed by atoms with van der Waals surface area (Å²) in [6, 6.07) is 6.36. The van der Waals surface area contributed by atoms with E-state index in [0.717, 1.165) is 11.1 Å². The van der Waals surface area contributed by atoms with E-state index < -0.39 is 4.92 Å². The first-order valence-corrected chi connectivity index (χ1v) is 5.43. The largest absolute Gasteiger partial charge is 0.287 e. The van der Waals surface area contributed by atoms with Crippen LogP contribution in [0.4, 0.5) is 5.69 Å². The van der Waals surface area contributed by atoms with E-state index >= 15 is 0 Å². The Labute approximate surface area is 108 Å². The lowest BCUT2D eigenvalue weighted by atomic mass is 10.1. The Hall–Kier alpha value is -2.27. The number of hydrogen-bond donors (Lipinski definition) is 0. The third-order valence-corrected chi connectivity index (χ3v) is 2.55. The van der Waals surface area contributed by atoms with Gasteiger partial charge in [-0.3, -0.25) is 10.1 Å². The molecule has 0 atom stereocenters. The van der Waals surface area contributed by atoms with Crippen LogP contribution in [0.2, 0.25) is 5.02 Å². The predicted molar refractivity (Wildman–Crippen MR) is 69.1 cm³/mol. The summed E-state index contributed by atoms with van der Waals surface area (Å²) in [4.78, 5) is 10.1. The van der Waals surface area contributed by atoms with Gasteiger partial charge >= 0.3 is 0 Å². The number of aromatic nitrogens is 2. The van der Waals surface area contributed by atoms with Gasteiger partial charge in [-0.2, -0.15) is 10.2 Å². The summed E-state index contributed by atoms with van der Waals surface area (Å²) in [6.45, 7) is 0. The van der Waals surface area contributed by atoms with Crippen molar-refractivity contribution in [3.63, 3.8) is 0 Å². The summed E-state index contributed by atoms with van der Waals surface area (Å²) >= 11 is 5.81. The molecule has 0 saturated carbocycles. The van der Waals surface area contributed by atoms with Gasteiger partial charge in [-0.15, -0.1) is 0 Å². The molecule has 0 N–H and O–H groups in total. The molecule has 0 saturated heterocycles. The minimum atomic E-state index is -0.511. The smallest absolute Gasteiger partial charge is 0.258 e. The van der Waals surface area contributed by atoms with E-state index in [-0.39, 0.29) is 10.7 Å². The van der Waals surface area contributed by atoms with Gasteiger partial charge in [-0.25, -0.2) is 0 Å². The minimum absolute atomic E-state index is 0.0978. The summed E-state index contributed by atoms with van der Waals surface area (Å²) in [5.74, 6) is 0. The number of nitrogens with zero attached hydrogens (tertiary/aromatic N) is 3. The number of benzene rings is 1. The standard InChI is InChI=1S/C12H8ClN3O2/c13-11-7-9(3-4-12(11)16(17)18)1-2-10-5-6-14-15-8-10/h1-8H/b2-1+. The lowest BCUT2D eigenvalue weighted by Crippen LogP contribution is -1.88. The molecule has 6 heteroatoms. The van der Waals surface area contributed by atoms with Crippen molar-refractivity contribution in [2.45, 2.75) is 0 Å². The topological polar surface area (TPSA) is 68.9 Å². The molecule has 0 fully saturated rings. The second-order valence-corrected chi connectivity index (χ2v) is 3.88. The number of hydrogen-bond acceptors (Lipinski definition) is 4. The fourth-order valence-electron chi connectivity index (χ4n) is 1.37. The van der Waals surface area contributed by atoms with E-state index in [1.165, 1.54) is 6.07 Å². The molecule has 90 valence electrons. The Morgan fingerprint density at radius 2 is 1.94 bits per heavy atom. The lowest BCUT2D eigenvalue weighted by molar-refractivity contribution is -0.384. The van der Waals surface area contributed by atoms with Gasteiger partial charge in [0.05, 0.1) is 17.3 Å². The zero-order valence-electron chi connectivity index (χ0n) is 9.15. The van der Waals surface area contributed by atoms with Gasteiger partial charge in [-0.1, -0.05) is 23.8 Å². The van der Waals surface area contributed by atoms with E-state index in [1.807, 2.05) is 6.08 Å². The van der Waals surface area contributed by atoms with Crippen LogP contribution in [-0.4, -0.2) is 15.1 Å². The van der Waals surface area contributed by atoms with Gasteiger partial charge in [0, 0.05) is 6.07 Å². The van der Waals surface area contributed by atoms with Crippen LogP contribution in [0.1, 0.15) is 11.1 Å². The van der Waals surface area contributed by atoms with Crippen LogP contribution in [-0.2, 0) is 0 Å². The highest BCUT2D eigenvalue weighted by Gasteiger charge is 2.10. The second-order valence-electron chi connectivity index (χ2n) is 3.48. The van der Waals surface area contributed by atoms with E-state index in [0.29, 0.717) is 0 Å². The fraction of sp³-hybridized carbons (Fsp3) is 0. The molecule has 0 aliphatic rings. The quantitative estimate of drug-likeness (QED) is 0.628. The normalized spacial score (nSPS) is 10.7. The van der Waals surface area contributed by atoms with Crippen LogP contribution >= 0.6 is 11.6 Å². The van der Waals surface area contributed by atoms with Crippen molar-refractivity contribution in [3.05, 3.63) is 62.9 Å². The van der Waals surface area contributed by atoms with Crippen molar-refractivity contribution in [2.75, 3.05) is 0 Å². The average Bonchev–Trinajstić information content (AvgIpc) is 2.37. The molecule has 2 rings (SSSR count). The van der Waals surface area contributed by atoms with Gasteiger partial charge < -0.3 is 0 Å².